The van der Waals surface area contributed by atoms with Crippen molar-refractivity contribution < 1.29 is 23.1 Å². The number of carboxylic acids is 1. The number of rotatable bonds is 5. The predicted molar refractivity (Wildman–Crippen MR) is 43.6 cm³/mol. The van der Waals surface area contributed by atoms with Crippen molar-refractivity contribution in [1.29, 1.82) is 0 Å². The van der Waals surface area contributed by atoms with E-state index in [9.17, 15) is 18.0 Å². The van der Waals surface area contributed by atoms with Gasteiger partial charge in [0.2, 0.25) is 0 Å². The van der Waals surface area contributed by atoms with Gasteiger partial charge in [-0.25, -0.2) is 0 Å². The molecule has 0 amide bonds. The van der Waals surface area contributed by atoms with E-state index < -0.39 is 24.6 Å². The number of thioether (sulfide) groups is 1. The van der Waals surface area contributed by atoms with Crippen LogP contribution in [0.1, 0.15) is 6.42 Å². The van der Waals surface area contributed by atoms with Gasteiger partial charge in [-0.2, -0.15) is 24.9 Å². The lowest BCUT2D eigenvalue weighted by Crippen LogP contribution is -2.32. The van der Waals surface area contributed by atoms with Crippen LogP contribution < -0.4 is 5.73 Å². The molecule has 0 aliphatic heterocycles. The van der Waals surface area contributed by atoms with Crippen LogP contribution in [0.4, 0.5) is 13.2 Å². The molecule has 0 aromatic rings. The summed E-state index contributed by atoms with van der Waals surface area (Å²) in [6.45, 7) is 0. The van der Waals surface area contributed by atoms with Crippen molar-refractivity contribution in [1.82, 2.24) is 0 Å². The quantitative estimate of drug-likeness (QED) is 0.676. The van der Waals surface area contributed by atoms with Crippen LogP contribution >= 0.6 is 11.8 Å². The molecule has 13 heavy (non-hydrogen) atoms. The fourth-order valence-electron chi connectivity index (χ4n) is 0.469. The first-order valence-electron chi connectivity index (χ1n) is 3.46. The Balaban J connectivity index is 3.41. The van der Waals surface area contributed by atoms with Crippen LogP contribution in [0.5, 0.6) is 0 Å². The van der Waals surface area contributed by atoms with Crippen LogP contribution in [0.25, 0.3) is 0 Å². The third kappa shape index (κ3) is 7.92. The Bertz CT molecular complexity index is 174. The summed E-state index contributed by atoms with van der Waals surface area (Å²) in [4.78, 5) is 10.1. The standard InChI is InChI=1S/C6H10F3NO2S/c7-6(8,9)1-2-13-3-4(10)5(11)12/h4H,1-3,10H2,(H,11,12). The number of aliphatic carboxylic acids is 1. The molecule has 0 spiro atoms. The van der Waals surface area contributed by atoms with E-state index in [2.05, 4.69) is 0 Å². The van der Waals surface area contributed by atoms with Gasteiger partial charge in [-0.05, 0) is 0 Å². The largest absolute Gasteiger partial charge is 0.480 e. The number of carboxylic acid groups (broad SMARTS) is 1. The summed E-state index contributed by atoms with van der Waals surface area (Å²) in [5.41, 5.74) is 5.06. The van der Waals surface area contributed by atoms with Gasteiger partial charge in [-0.15, -0.1) is 0 Å². The van der Waals surface area contributed by atoms with Gasteiger partial charge in [0.05, 0.1) is 6.42 Å². The number of hydrogen-bond acceptors (Lipinski definition) is 3. The summed E-state index contributed by atoms with van der Waals surface area (Å²) in [5, 5.41) is 8.28. The Labute approximate surface area is 77.5 Å². The van der Waals surface area contributed by atoms with E-state index in [0.717, 1.165) is 11.8 Å². The van der Waals surface area contributed by atoms with E-state index in [0.29, 0.717) is 0 Å². The monoisotopic (exact) mass is 217 g/mol. The molecular weight excluding hydrogens is 207 g/mol. The highest BCUT2D eigenvalue weighted by atomic mass is 32.2. The zero-order chi connectivity index (χ0) is 10.5. The molecule has 7 heteroatoms. The van der Waals surface area contributed by atoms with E-state index >= 15 is 0 Å². The molecule has 0 radical (unpaired) electrons. The van der Waals surface area contributed by atoms with E-state index in [1.165, 1.54) is 0 Å². The third-order valence-electron chi connectivity index (χ3n) is 1.14. The maximum absolute atomic E-state index is 11.6. The van der Waals surface area contributed by atoms with Crippen LogP contribution in [-0.2, 0) is 4.79 Å². The zero-order valence-electron chi connectivity index (χ0n) is 6.67. The minimum Gasteiger partial charge on any atom is -0.480 e. The topological polar surface area (TPSA) is 63.3 Å². The van der Waals surface area contributed by atoms with Crippen molar-refractivity contribution in [2.24, 2.45) is 5.73 Å². The molecule has 0 fully saturated rings. The highest BCUT2D eigenvalue weighted by Crippen LogP contribution is 2.21. The lowest BCUT2D eigenvalue weighted by Gasteiger charge is -2.07. The second-order valence-corrected chi connectivity index (χ2v) is 3.53. The highest BCUT2D eigenvalue weighted by molar-refractivity contribution is 7.99. The van der Waals surface area contributed by atoms with Gasteiger partial charge in [0.1, 0.15) is 6.04 Å². The molecule has 0 aromatic carbocycles. The van der Waals surface area contributed by atoms with Gasteiger partial charge >= 0.3 is 12.1 Å². The molecular formula is C6H10F3NO2S. The van der Waals surface area contributed by atoms with Gasteiger partial charge < -0.3 is 10.8 Å². The molecule has 0 aromatic heterocycles. The lowest BCUT2D eigenvalue weighted by molar-refractivity contribution is -0.137. The molecule has 0 bridgehead atoms. The van der Waals surface area contributed by atoms with Gasteiger partial charge in [-0.1, -0.05) is 0 Å². The summed E-state index contributed by atoms with van der Waals surface area (Å²) in [6, 6.07) is -1.08. The van der Waals surface area contributed by atoms with Gasteiger partial charge in [-0.3, -0.25) is 4.79 Å². The fourth-order valence-corrected chi connectivity index (χ4v) is 1.41. The first-order chi connectivity index (χ1) is 5.83. The van der Waals surface area contributed by atoms with Crippen molar-refractivity contribution in [3.63, 3.8) is 0 Å². The molecule has 78 valence electrons. The van der Waals surface area contributed by atoms with E-state index in [4.69, 9.17) is 10.8 Å². The molecule has 1 unspecified atom stereocenters. The Hall–Kier alpha value is -0.430. The highest BCUT2D eigenvalue weighted by Gasteiger charge is 2.26. The summed E-state index contributed by atoms with van der Waals surface area (Å²) in [5.74, 6) is -1.34. The predicted octanol–water partition coefficient (Wildman–Crippen LogP) is 1.08. The summed E-state index contributed by atoms with van der Waals surface area (Å²) >= 11 is 0.891. The Morgan fingerprint density at radius 1 is 1.54 bits per heavy atom. The summed E-state index contributed by atoms with van der Waals surface area (Å²) in [7, 11) is 0. The second-order valence-electron chi connectivity index (χ2n) is 2.38. The fraction of sp³-hybridized carbons (Fsp3) is 0.833. The first-order valence-corrected chi connectivity index (χ1v) is 4.61. The Kier molecular flexibility index (Phi) is 5.16. The molecule has 3 N–H and O–H groups in total. The second kappa shape index (κ2) is 5.33. The smallest absolute Gasteiger partial charge is 0.389 e. The van der Waals surface area contributed by atoms with Gasteiger partial charge in [0.25, 0.3) is 0 Å². The molecule has 0 rings (SSSR count). The first kappa shape index (κ1) is 12.6. The van der Waals surface area contributed by atoms with E-state index in [-0.39, 0.29) is 11.5 Å². The average Bonchev–Trinajstić information content (AvgIpc) is 1.95. The van der Waals surface area contributed by atoms with Crippen LogP contribution in [0.15, 0.2) is 0 Å². The maximum Gasteiger partial charge on any atom is 0.389 e. The lowest BCUT2D eigenvalue weighted by atomic mass is 10.4. The normalized spacial score (nSPS) is 14.2. The number of hydrogen-bond donors (Lipinski definition) is 2. The van der Waals surface area contributed by atoms with Crippen molar-refractivity contribution >= 4 is 17.7 Å². The molecule has 0 aliphatic rings. The number of halogens is 3. The summed E-state index contributed by atoms with van der Waals surface area (Å²) < 4.78 is 34.7. The van der Waals surface area contributed by atoms with Crippen molar-refractivity contribution in [3.8, 4) is 0 Å². The Morgan fingerprint density at radius 2 is 2.08 bits per heavy atom. The maximum atomic E-state index is 11.6. The molecule has 0 saturated heterocycles. The van der Waals surface area contributed by atoms with Crippen molar-refractivity contribution in [2.75, 3.05) is 11.5 Å². The summed E-state index contributed by atoms with van der Waals surface area (Å²) in [6.07, 6.45) is -5.09. The van der Waals surface area contributed by atoms with Crippen molar-refractivity contribution in [3.05, 3.63) is 0 Å². The number of nitrogens with two attached hydrogens (primary N) is 1. The van der Waals surface area contributed by atoms with E-state index in [1.807, 2.05) is 0 Å². The van der Waals surface area contributed by atoms with Gasteiger partial charge in [0.15, 0.2) is 0 Å². The van der Waals surface area contributed by atoms with Crippen LogP contribution in [0.3, 0.4) is 0 Å². The molecule has 3 nitrogen and oxygen atoms in total. The zero-order valence-corrected chi connectivity index (χ0v) is 7.49. The van der Waals surface area contributed by atoms with Crippen LogP contribution in [0, 0.1) is 0 Å². The van der Waals surface area contributed by atoms with Crippen LogP contribution in [0.2, 0.25) is 0 Å². The molecule has 1 atom stereocenters. The minimum absolute atomic E-state index is 0.00537. The molecule has 0 saturated carbocycles. The third-order valence-corrected chi connectivity index (χ3v) is 2.23. The SMILES string of the molecule is NC(CSCCC(F)(F)F)C(=O)O. The average molecular weight is 217 g/mol. The Morgan fingerprint density at radius 3 is 2.46 bits per heavy atom. The minimum atomic E-state index is -4.18. The van der Waals surface area contributed by atoms with Crippen LogP contribution in [-0.4, -0.2) is 34.8 Å². The van der Waals surface area contributed by atoms with Gasteiger partial charge in [0, 0.05) is 11.5 Å². The molecule has 0 heterocycles. The number of alkyl halides is 3. The molecule has 0 aliphatic carbocycles. The van der Waals surface area contributed by atoms with E-state index in [1.54, 1.807) is 0 Å². The number of carbonyl (C=O) groups is 1. The van der Waals surface area contributed by atoms with Crippen molar-refractivity contribution in [2.45, 2.75) is 18.6 Å².